The van der Waals surface area contributed by atoms with Crippen LogP contribution in [0, 0.1) is 0 Å². The van der Waals surface area contributed by atoms with E-state index in [1.54, 1.807) is 12.1 Å². The Hall–Kier alpha value is -2.45. The van der Waals surface area contributed by atoms with Crippen LogP contribution in [0.4, 0.5) is 13.2 Å². The first kappa shape index (κ1) is 14.2. The van der Waals surface area contributed by atoms with E-state index in [-0.39, 0.29) is 23.3 Å². The lowest BCUT2D eigenvalue weighted by Crippen LogP contribution is -2.15. The molecule has 0 bridgehead atoms. The molecule has 9 heteroatoms. The minimum atomic E-state index is -4.64. The van der Waals surface area contributed by atoms with Gasteiger partial charge in [0.2, 0.25) is 11.5 Å². The van der Waals surface area contributed by atoms with Gasteiger partial charge in [-0.05, 0) is 37.8 Å². The van der Waals surface area contributed by atoms with Gasteiger partial charge in [0.05, 0.1) is 0 Å². The van der Waals surface area contributed by atoms with Crippen molar-refractivity contribution >= 4 is 16.8 Å². The van der Waals surface area contributed by atoms with Gasteiger partial charge in [0.25, 0.3) is 5.88 Å². The summed E-state index contributed by atoms with van der Waals surface area (Å²) in [7, 11) is 0. The summed E-state index contributed by atoms with van der Waals surface area (Å²) in [4.78, 5) is 8.28. The lowest BCUT2D eigenvalue weighted by Gasteiger charge is -2.14. The predicted octanol–water partition coefficient (Wildman–Crippen LogP) is 3.01. The lowest BCUT2D eigenvalue weighted by molar-refractivity contribution is -0.145. The third-order valence-corrected chi connectivity index (χ3v) is 3.89. The molecule has 0 aromatic carbocycles. The molecule has 4 rings (SSSR count). The third-order valence-electron chi connectivity index (χ3n) is 3.89. The van der Waals surface area contributed by atoms with Gasteiger partial charge in [-0.1, -0.05) is 0 Å². The first-order valence-electron chi connectivity index (χ1n) is 7.28. The first-order chi connectivity index (χ1) is 11.0. The van der Waals surface area contributed by atoms with Gasteiger partial charge in [0, 0.05) is 6.20 Å². The van der Waals surface area contributed by atoms with Gasteiger partial charge in [0.15, 0.2) is 5.65 Å². The van der Waals surface area contributed by atoms with Crippen LogP contribution in [-0.4, -0.2) is 30.7 Å². The molecule has 6 nitrogen and oxygen atoms in total. The zero-order valence-electron chi connectivity index (χ0n) is 11.9. The van der Waals surface area contributed by atoms with Gasteiger partial charge in [-0.3, -0.25) is 0 Å². The molecule has 1 aliphatic carbocycles. The maximum Gasteiger partial charge on any atom is 0.452 e. The number of halogens is 3. The maximum atomic E-state index is 13.2. The average molecular weight is 323 g/mol. The zero-order chi connectivity index (χ0) is 16.0. The second-order valence-corrected chi connectivity index (χ2v) is 5.47. The van der Waals surface area contributed by atoms with Gasteiger partial charge in [-0.15, -0.1) is 10.2 Å². The van der Waals surface area contributed by atoms with E-state index in [9.17, 15) is 13.2 Å². The van der Waals surface area contributed by atoms with E-state index in [1.807, 2.05) is 0 Å². The van der Waals surface area contributed by atoms with Crippen LogP contribution in [0.5, 0.6) is 5.88 Å². The lowest BCUT2D eigenvalue weighted by atomic mass is 10.3. The molecule has 0 atom stereocenters. The van der Waals surface area contributed by atoms with Gasteiger partial charge in [-0.2, -0.15) is 13.2 Å². The Morgan fingerprint density at radius 3 is 2.65 bits per heavy atom. The van der Waals surface area contributed by atoms with E-state index in [0.717, 1.165) is 30.1 Å². The van der Waals surface area contributed by atoms with Crippen molar-refractivity contribution in [2.24, 2.45) is 0 Å². The van der Waals surface area contributed by atoms with Crippen molar-refractivity contribution in [3.8, 4) is 5.88 Å². The normalized spacial score (nSPS) is 16.5. The molecule has 1 saturated carbocycles. The van der Waals surface area contributed by atoms with E-state index >= 15 is 0 Å². The number of alkyl halides is 3. The summed E-state index contributed by atoms with van der Waals surface area (Å²) in [6.45, 7) is 0. The van der Waals surface area contributed by atoms with Crippen LogP contribution in [0.2, 0.25) is 0 Å². The van der Waals surface area contributed by atoms with Gasteiger partial charge >= 0.3 is 6.18 Å². The van der Waals surface area contributed by atoms with Crippen LogP contribution in [0.25, 0.3) is 16.8 Å². The molecular formula is C14H12F3N5O. The number of aromatic nitrogens is 5. The van der Waals surface area contributed by atoms with Gasteiger partial charge < -0.3 is 4.74 Å². The van der Waals surface area contributed by atoms with Crippen molar-refractivity contribution in [1.82, 2.24) is 24.6 Å². The Kier molecular flexibility index (Phi) is 3.10. The van der Waals surface area contributed by atoms with Crippen molar-refractivity contribution in [1.29, 1.82) is 0 Å². The topological polar surface area (TPSA) is 65.2 Å². The molecule has 23 heavy (non-hydrogen) atoms. The Morgan fingerprint density at radius 1 is 1.13 bits per heavy atom. The predicted molar refractivity (Wildman–Crippen MR) is 74.0 cm³/mol. The molecule has 1 fully saturated rings. The SMILES string of the molecule is FC(F)(F)c1nnc2c(OC3CCCC3)nc3cccnc3n12. The van der Waals surface area contributed by atoms with E-state index in [2.05, 4.69) is 20.2 Å². The standard InChI is InChI=1S/C14H12F3N5O/c15-14(16,17)13-21-20-11-12(23-8-4-1-2-5-8)19-9-6-3-7-18-10(9)22(11)13/h3,6-8H,1-2,4-5H2. The fourth-order valence-electron chi connectivity index (χ4n) is 2.86. The second-order valence-electron chi connectivity index (χ2n) is 5.47. The van der Waals surface area contributed by atoms with Crippen LogP contribution < -0.4 is 4.74 Å². The highest BCUT2D eigenvalue weighted by Crippen LogP contribution is 2.33. The fourth-order valence-corrected chi connectivity index (χ4v) is 2.86. The molecule has 0 aliphatic heterocycles. The van der Waals surface area contributed by atoms with E-state index in [0.29, 0.717) is 5.52 Å². The first-order valence-corrected chi connectivity index (χ1v) is 7.28. The molecule has 1 aliphatic rings. The average Bonchev–Trinajstić information content (AvgIpc) is 3.15. The Labute approximate surface area is 128 Å². The molecule has 0 saturated heterocycles. The van der Waals surface area contributed by atoms with Gasteiger partial charge in [0.1, 0.15) is 11.6 Å². The monoisotopic (exact) mass is 323 g/mol. The van der Waals surface area contributed by atoms with E-state index in [1.165, 1.54) is 6.20 Å². The minimum Gasteiger partial charge on any atom is -0.472 e. The molecule has 0 spiro atoms. The minimum absolute atomic E-state index is 0.0496. The quantitative estimate of drug-likeness (QED) is 0.725. The fraction of sp³-hybridized carbons (Fsp3) is 0.429. The van der Waals surface area contributed by atoms with Crippen molar-refractivity contribution in [3.63, 3.8) is 0 Å². The van der Waals surface area contributed by atoms with Crippen LogP contribution in [-0.2, 0) is 6.18 Å². The summed E-state index contributed by atoms with van der Waals surface area (Å²) in [5.41, 5.74) is 0.298. The highest BCUT2D eigenvalue weighted by molar-refractivity contribution is 5.76. The number of pyridine rings is 1. The molecule has 120 valence electrons. The number of hydrogen-bond acceptors (Lipinski definition) is 5. The van der Waals surface area contributed by atoms with Gasteiger partial charge in [-0.25, -0.2) is 14.4 Å². The molecule has 3 heterocycles. The molecule has 0 radical (unpaired) electrons. The van der Waals surface area contributed by atoms with Crippen molar-refractivity contribution in [2.75, 3.05) is 0 Å². The summed E-state index contributed by atoms with van der Waals surface area (Å²) in [6, 6.07) is 3.20. The number of nitrogens with zero attached hydrogens (tertiary/aromatic N) is 5. The van der Waals surface area contributed by atoms with Crippen molar-refractivity contribution in [3.05, 3.63) is 24.2 Å². The summed E-state index contributed by atoms with van der Waals surface area (Å²) in [6.07, 6.45) is 0.508. The number of fused-ring (bicyclic) bond motifs is 3. The van der Waals surface area contributed by atoms with Crippen molar-refractivity contribution in [2.45, 2.75) is 38.0 Å². The highest BCUT2D eigenvalue weighted by atomic mass is 19.4. The molecule has 3 aromatic rings. The summed E-state index contributed by atoms with van der Waals surface area (Å²) >= 11 is 0. The van der Waals surface area contributed by atoms with Crippen LogP contribution in [0.1, 0.15) is 31.5 Å². The Balaban J connectivity index is 1.97. The largest absolute Gasteiger partial charge is 0.472 e. The van der Waals surface area contributed by atoms with E-state index < -0.39 is 12.0 Å². The Morgan fingerprint density at radius 2 is 1.91 bits per heavy atom. The molecule has 0 amide bonds. The number of rotatable bonds is 2. The van der Waals surface area contributed by atoms with E-state index in [4.69, 9.17) is 4.74 Å². The maximum absolute atomic E-state index is 13.2. The van der Waals surface area contributed by atoms with Crippen molar-refractivity contribution < 1.29 is 17.9 Å². The molecule has 3 aromatic heterocycles. The molecular weight excluding hydrogens is 311 g/mol. The second kappa shape index (κ2) is 5.04. The molecule has 0 N–H and O–H groups in total. The highest BCUT2D eigenvalue weighted by Gasteiger charge is 2.38. The smallest absolute Gasteiger partial charge is 0.452 e. The molecule has 0 unspecified atom stereocenters. The number of ether oxygens (including phenoxy) is 1. The zero-order valence-corrected chi connectivity index (χ0v) is 11.9. The number of hydrogen-bond donors (Lipinski definition) is 0. The van der Waals surface area contributed by atoms with Crippen LogP contribution in [0.15, 0.2) is 18.3 Å². The summed E-state index contributed by atoms with van der Waals surface area (Å²) in [5, 5.41) is 6.92. The summed E-state index contributed by atoms with van der Waals surface area (Å²) in [5.74, 6) is -1.06. The third kappa shape index (κ3) is 2.36. The Bertz CT molecular complexity index is 870. The van der Waals surface area contributed by atoms with Crippen LogP contribution in [0.3, 0.4) is 0 Å². The summed E-state index contributed by atoms with van der Waals surface area (Å²) < 4.78 is 46.3. The van der Waals surface area contributed by atoms with Crippen LogP contribution >= 0.6 is 0 Å².